The lowest BCUT2D eigenvalue weighted by Gasteiger charge is -2.17. The van der Waals surface area contributed by atoms with Crippen LogP contribution in [0.1, 0.15) is 36.5 Å². The zero-order valence-electron chi connectivity index (χ0n) is 10.9. The lowest BCUT2D eigenvalue weighted by atomic mass is 10.1. The van der Waals surface area contributed by atoms with E-state index in [0.29, 0.717) is 11.6 Å². The summed E-state index contributed by atoms with van der Waals surface area (Å²) in [6, 6.07) is 5.57. The number of benzene rings is 1. The molecule has 1 amide bonds. The summed E-state index contributed by atoms with van der Waals surface area (Å²) in [5, 5.41) is 3.40. The zero-order valence-corrected chi connectivity index (χ0v) is 10.9. The minimum Gasteiger partial charge on any atom is -0.495 e. The van der Waals surface area contributed by atoms with Crippen LogP contribution >= 0.6 is 0 Å². The minimum absolute atomic E-state index is 0.370. The van der Waals surface area contributed by atoms with E-state index in [2.05, 4.69) is 12.2 Å². The van der Waals surface area contributed by atoms with E-state index in [1.54, 1.807) is 25.3 Å². The van der Waals surface area contributed by atoms with Crippen molar-refractivity contribution in [3.05, 3.63) is 23.8 Å². The van der Waals surface area contributed by atoms with Crippen LogP contribution in [-0.4, -0.2) is 19.1 Å². The number of amides is 1. The van der Waals surface area contributed by atoms with Crippen LogP contribution in [0.5, 0.6) is 5.75 Å². The normalized spacial score (nSPS) is 16.1. The maximum atomic E-state index is 11.2. The van der Waals surface area contributed by atoms with E-state index in [0.717, 1.165) is 23.8 Å². The van der Waals surface area contributed by atoms with Crippen molar-refractivity contribution in [1.29, 1.82) is 0 Å². The van der Waals surface area contributed by atoms with Gasteiger partial charge in [-0.05, 0) is 37.5 Å². The summed E-state index contributed by atoms with van der Waals surface area (Å²) in [6.07, 6.45) is 3.83. The Labute approximate surface area is 108 Å². The van der Waals surface area contributed by atoms with Gasteiger partial charge in [-0.1, -0.05) is 12.8 Å². The van der Waals surface area contributed by atoms with Crippen LogP contribution in [0, 0.1) is 5.92 Å². The fourth-order valence-corrected chi connectivity index (χ4v) is 2.15. The third kappa shape index (κ3) is 3.15. The summed E-state index contributed by atoms with van der Waals surface area (Å²) in [6.45, 7) is 2.15. The molecule has 1 aromatic rings. The smallest absolute Gasteiger partial charge is 0.248 e. The fraction of sp³-hybridized carbons (Fsp3) is 0.500. The van der Waals surface area contributed by atoms with Crippen molar-refractivity contribution in [1.82, 2.24) is 0 Å². The number of carbonyl (C=O) groups is 1. The molecule has 0 aliphatic heterocycles. The van der Waals surface area contributed by atoms with Crippen LogP contribution in [0.15, 0.2) is 18.2 Å². The molecule has 4 heteroatoms. The second kappa shape index (κ2) is 5.29. The average molecular weight is 248 g/mol. The largest absolute Gasteiger partial charge is 0.495 e. The van der Waals surface area contributed by atoms with Gasteiger partial charge in [-0.3, -0.25) is 4.79 Å². The monoisotopic (exact) mass is 248 g/mol. The minimum atomic E-state index is -0.421. The first-order chi connectivity index (χ1) is 8.60. The Morgan fingerprint density at radius 2 is 2.28 bits per heavy atom. The molecule has 0 saturated heterocycles. The molecule has 1 aliphatic rings. The highest BCUT2D eigenvalue weighted by Gasteiger charge is 2.23. The van der Waals surface area contributed by atoms with Crippen molar-refractivity contribution < 1.29 is 9.53 Å². The highest BCUT2D eigenvalue weighted by Crippen LogP contribution is 2.35. The number of hydrogen-bond acceptors (Lipinski definition) is 3. The van der Waals surface area contributed by atoms with E-state index in [-0.39, 0.29) is 0 Å². The third-order valence-electron chi connectivity index (χ3n) is 3.27. The van der Waals surface area contributed by atoms with Crippen LogP contribution in [0.25, 0.3) is 0 Å². The second-order valence-electron chi connectivity index (χ2n) is 5.00. The number of nitrogens with two attached hydrogens (primary N) is 1. The molecule has 1 unspecified atom stereocenters. The van der Waals surface area contributed by atoms with Crippen molar-refractivity contribution >= 4 is 11.6 Å². The Bertz CT molecular complexity index is 441. The molecule has 2 rings (SSSR count). The van der Waals surface area contributed by atoms with Gasteiger partial charge in [0.15, 0.2) is 0 Å². The summed E-state index contributed by atoms with van der Waals surface area (Å²) in [7, 11) is 1.62. The van der Waals surface area contributed by atoms with Gasteiger partial charge in [-0.25, -0.2) is 0 Å². The summed E-state index contributed by atoms with van der Waals surface area (Å²) in [4.78, 5) is 11.2. The standard InChI is InChI=1S/C14H20N2O2/c1-9(7-10-3-4-10)16-12-8-11(14(15)17)5-6-13(12)18-2/h5-6,8-10,16H,3-4,7H2,1-2H3,(H2,15,17). The number of anilines is 1. The molecule has 0 bridgehead atoms. The van der Waals surface area contributed by atoms with E-state index in [4.69, 9.17) is 10.5 Å². The van der Waals surface area contributed by atoms with E-state index in [1.807, 2.05) is 0 Å². The van der Waals surface area contributed by atoms with Gasteiger partial charge in [0.25, 0.3) is 0 Å². The van der Waals surface area contributed by atoms with Gasteiger partial charge >= 0.3 is 0 Å². The zero-order chi connectivity index (χ0) is 13.1. The molecule has 1 aliphatic carbocycles. The Kier molecular flexibility index (Phi) is 3.75. The quantitative estimate of drug-likeness (QED) is 0.812. The first kappa shape index (κ1) is 12.7. The van der Waals surface area contributed by atoms with Crippen LogP contribution in [0.4, 0.5) is 5.69 Å². The SMILES string of the molecule is COc1ccc(C(N)=O)cc1NC(C)CC1CC1. The van der Waals surface area contributed by atoms with Gasteiger partial charge in [0, 0.05) is 11.6 Å². The highest BCUT2D eigenvalue weighted by atomic mass is 16.5. The number of nitrogens with one attached hydrogen (secondary N) is 1. The van der Waals surface area contributed by atoms with Gasteiger partial charge in [-0.2, -0.15) is 0 Å². The molecule has 0 heterocycles. The summed E-state index contributed by atoms with van der Waals surface area (Å²) < 4.78 is 5.29. The van der Waals surface area contributed by atoms with Gasteiger partial charge in [0.1, 0.15) is 5.75 Å². The molecule has 1 atom stereocenters. The van der Waals surface area contributed by atoms with Crippen LogP contribution in [0.2, 0.25) is 0 Å². The molecule has 0 radical (unpaired) electrons. The first-order valence-corrected chi connectivity index (χ1v) is 6.34. The second-order valence-corrected chi connectivity index (χ2v) is 5.00. The van der Waals surface area contributed by atoms with Crippen molar-refractivity contribution in [3.8, 4) is 5.75 Å². The number of primary amides is 1. The van der Waals surface area contributed by atoms with Crippen LogP contribution in [-0.2, 0) is 0 Å². The molecule has 0 spiro atoms. The molecule has 1 saturated carbocycles. The Morgan fingerprint density at radius 3 is 2.83 bits per heavy atom. The molecule has 3 N–H and O–H groups in total. The van der Waals surface area contributed by atoms with Crippen molar-refractivity contribution in [2.75, 3.05) is 12.4 Å². The van der Waals surface area contributed by atoms with E-state index < -0.39 is 5.91 Å². The maximum Gasteiger partial charge on any atom is 0.248 e. The lowest BCUT2D eigenvalue weighted by molar-refractivity contribution is 0.100. The molecule has 0 aromatic heterocycles. The van der Waals surface area contributed by atoms with E-state index in [1.165, 1.54) is 12.8 Å². The van der Waals surface area contributed by atoms with Gasteiger partial charge in [0.05, 0.1) is 12.8 Å². The maximum absolute atomic E-state index is 11.2. The Hall–Kier alpha value is -1.71. The van der Waals surface area contributed by atoms with Gasteiger partial charge in [0.2, 0.25) is 5.91 Å². The number of hydrogen-bond donors (Lipinski definition) is 2. The summed E-state index contributed by atoms with van der Waals surface area (Å²) in [5.74, 6) is 1.18. The van der Waals surface area contributed by atoms with Crippen molar-refractivity contribution in [2.45, 2.75) is 32.2 Å². The van der Waals surface area contributed by atoms with Crippen molar-refractivity contribution in [3.63, 3.8) is 0 Å². The third-order valence-corrected chi connectivity index (χ3v) is 3.27. The topological polar surface area (TPSA) is 64.3 Å². The summed E-state index contributed by atoms with van der Waals surface area (Å²) >= 11 is 0. The molecule has 18 heavy (non-hydrogen) atoms. The predicted octanol–water partition coefficient (Wildman–Crippen LogP) is 2.39. The van der Waals surface area contributed by atoms with Crippen LogP contribution < -0.4 is 15.8 Å². The molecule has 4 nitrogen and oxygen atoms in total. The number of methoxy groups -OCH3 is 1. The Balaban J connectivity index is 2.12. The number of carbonyl (C=O) groups excluding carboxylic acids is 1. The van der Waals surface area contributed by atoms with E-state index in [9.17, 15) is 4.79 Å². The number of ether oxygens (including phenoxy) is 1. The molecular weight excluding hydrogens is 228 g/mol. The molecular formula is C14H20N2O2. The molecule has 1 aromatic carbocycles. The predicted molar refractivity (Wildman–Crippen MR) is 71.9 cm³/mol. The summed E-state index contributed by atoms with van der Waals surface area (Å²) in [5.41, 5.74) is 6.62. The van der Waals surface area contributed by atoms with Crippen LogP contribution in [0.3, 0.4) is 0 Å². The average Bonchev–Trinajstić information content (AvgIpc) is 3.12. The fourth-order valence-electron chi connectivity index (χ4n) is 2.15. The van der Waals surface area contributed by atoms with Gasteiger partial charge < -0.3 is 15.8 Å². The Morgan fingerprint density at radius 1 is 1.56 bits per heavy atom. The van der Waals surface area contributed by atoms with Crippen molar-refractivity contribution in [2.24, 2.45) is 11.7 Å². The number of rotatable bonds is 6. The molecule has 1 fully saturated rings. The van der Waals surface area contributed by atoms with E-state index >= 15 is 0 Å². The highest BCUT2D eigenvalue weighted by molar-refractivity contribution is 5.94. The molecule has 98 valence electrons. The van der Waals surface area contributed by atoms with Gasteiger partial charge in [-0.15, -0.1) is 0 Å². The first-order valence-electron chi connectivity index (χ1n) is 6.34. The lowest BCUT2D eigenvalue weighted by Crippen LogP contribution is -2.17.